The van der Waals surface area contributed by atoms with Gasteiger partial charge in [0.1, 0.15) is 11.4 Å². The number of anilines is 1. The number of benzene rings is 1. The second kappa shape index (κ2) is 5.76. The predicted molar refractivity (Wildman–Crippen MR) is 71.6 cm³/mol. The van der Waals surface area contributed by atoms with Crippen LogP contribution in [-0.2, 0) is 16.0 Å². The van der Waals surface area contributed by atoms with E-state index >= 15 is 0 Å². The second-order valence-electron chi connectivity index (χ2n) is 5.16. The van der Waals surface area contributed by atoms with E-state index in [1.165, 1.54) is 0 Å². The fourth-order valence-corrected chi connectivity index (χ4v) is 1.55. The van der Waals surface area contributed by atoms with E-state index in [0.717, 1.165) is 5.56 Å². The lowest BCUT2D eigenvalue weighted by Gasteiger charge is -2.19. The van der Waals surface area contributed by atoms with Crippen LogP contribution in [0.3, 0.4) is 0 Å². The minimum Gasteiger partial charge on any atom is -0.495 e. The molecule has 1 rings (SSSR count). The lowest BCUT2D eigenvalue weighted by atomic mass is 10.1. The Morgan fingerprint density at radius 3 is 2.56 bits per heavy atom. The lowest BCUT2D eigenvalue weighted by molar-refractivity contribution is -0.154. The molecule has 4 heteroatoms. The zero-order valence-corrected chi connectivity index (χ0v) is 11.4. The number of nitrogen functional groups attached to an aromatic ring is 1. The molecule has 0 atom stereocenters. The topological polar surface area (TPSA) is 61.5 Å². The average molecular weight is 251 g/mol. The van der Waals surface area contributed by atoms with Crippen LogP contribution < -0.4 is 10.5 Å². The predicted octanol–water partition coefficient (Wildman–Crippen LogP) is 2.55. The van der Waals surface area contributed by atoms with Gasteiger partial charge in [-0.05, 0) is 44.9 Å². The summed E-state index contributed by atoms with van der Waals surface area (Å²) in [6.45, 7) is 5.57. The maximum atomic E-state index is 11.6. The summed E-state index contributed by atoms with van der Waals surface area (Å²) in [5, 5.41) is 0. The standard InChI is InChI=1S/C14H21NO3/c1-14(2,3)18-13(16)8-6-10-5-7-11(15)12(9-10)17-4/h5,7,9H,6,8,15H2,1-4H3. The molecule has 0 aliphatic carbocycles. The van der Waals surface area contributed by atoms with E-state index in [1.54, 1.807) is 13.2 Å². The maximum Gasteiger partial charge on any atom is 0.306 e. The van der Waals surface area contributed by atoms with E-state index in [9.17, 15) is 4.79 Å². The van der Waals surface area contributed by atoms with Crippen LogP contribution >= 0.6 is 0 Å². The molecule has 0 unspecified atom stereocenters. The molecule has 0 amide bonds. The third-order valence-electron chi connectivity index (χ3n) is 2.34. The number of methoxy groups -OCH3 is 1. The molecule has 0 heterocycles. The number of carbonyl (C=O) groups excluding carboxylic acids is 1. The number of carbonyl (C=O) groups is 1. The van der Waals surface area contributed by atoms with E-state index in [0.29, 0.717) is 24.3 Å². The summed E-state index contributed by atoms with van der Waals surface area (Å²) in [7, 11) is 1.57. The van der Waals surface area contributed by atoms with Crippen LogP contribution in [0, 0.1) is 0 Å². The van der Waals surface area contributed by atoms with E-state index in [1.807, 2.05) is 32.9 Å². The highest BCUT2D eigenvalue weighted by Gasteiger charge is 2.16. The molecule has 4 nitrogen and oxygen atoms in total. The van der Waals surface area contributed by atoms with Gasteiger partial charge in [0.05, 0.1) is 12.8 Å². The Hall–Kier alpha value is -1.71. The Balaban J connectivity index is 2.56. The van der Waals surface area contributed by atoms with Crippen molar-refractivity contribution in [3.63, 3.8) is 0 Å². The van der Waals surface area contributed by atoms with Crippen LogP contribution in [0.5, 0.6) is 5.75 Å². The Bertz CT molecular complexity index is 422. The monoisotopic (exact) mass is 251 g/mol. The summed E-state index contributed by atoms with van der Waals surface area (Å²) >= 11 is 0. The fourth-order valence-electron chi connectivity index (χ4n) is 1.55. The normalized spacial score (nSPS) is 11.1. The van der Waals surface area contributed by atoms with Crippen molar-refractivity contribution >= 4 is 11.7 Å². The third-order valence-corrected chi connectivity index (χ3v) is 2.34. The minimum atomic E-state index is -0.435. The quantitative estimate of drug-likeness (QED) is 0.660. The van der Waals surface area contributed by atoms with Crippen LogP contribution in [0.1, 0.15) is 32.8 Å². The molecule has 0 aliphatic heterocycles. The van der Waals surface area contributed by atoms with Gasteiger partial charge in [0, 0.05) is 6.42 Å². The van der Waals surface area contributed by atoms with Gasteiger partial charge in [0.2, 0.25) is 0 Å². The molecule has 18 heavy (non-hydrogen) atoms. The van der Waals surface area contributed by atoms with Crippen molar-refractivity contribution in [3.8, 4) is 5.75 Å². The van der Waals surface area contributed by atoms with Gasteiger partial charge < -0.3 is 15.2 Å². The van der Waals surface area contributed by atoms with E-state index < -0.39 is 5.60 Å². The first kappa shape index (κ1) is 14.4. The molecule has 1 aromatic rings. The summed E-state index contributed by atoms with van der Waals surface area (Å²) in [4.78, 5) is 11.6. The van der Waals surface area contributed by atoms with Crippen molar-refractivity contribution in [2.24, 2.45) is 0 Å². The number of hydrogen-bond donors (Lipinski definition) is 1. The van der Waals surface area contributed by atoms with Crippen molar-refractivity contribution in [1.82, 2.24) is 0 Å². The molecule has 0 aromatic heterocycles. The number of hydrogen-bond acceptors (Lipinski definition) is 4. The van der Waals surface area contributed by atoms with Gasteiger partial charge >= 0.3 is 5.97 Å². The molecule has 0 aliphatic rings. The number of rotatable bonds is 4. The Morgan fingerprint density at radius 2 is 2.00 bits per heavy atom. The smallest absolute Gasteiger partial charge is 0.306 e. The summed E-state index contributed by atoms with van der Waals surface area (Å²) in [5.74, 6) is 0.440. The van der Waals surface area contributed by atoms with Crippen molar-refractivity contribution in [1.29, 1.82) is 0 Å². The molecule has 0 saturated carbocycles. The molecule has 0 radical (unpaired) electrons. The van der Waals surface area contributed by atoms with Gasteiger partial charge in [0.25, 0.3) is 0 Å². The fraction of sp³-hybridized carbons (Fsp3) is 0.500. The second-order valence-corrected chi connectivity index (χ2v) is 5.16. The van der Waals surface area contributed by atoms with Gasteiger partial charge in [-0.15, -0.1) is 0 Å². The van der Waals surface area contributed by atoms with Crippen molar-refractivity contribution < 1.29 is 14.3 Å². The zero-order valence-electron chi connectivity index (χ0n) is 11.4. The number of nitrogens with two attached hydrogens (primary N) is 1. The molecule has 1 aromatic carbocycles. The number of aryl methyl sites for hydroxylation is 1. The number of ether oxygens (including phenoxy) is 2. The minimum absolute atomic E-state index is 0.196. The summed E-state index contributed by atoms with van der Waals surface area (Å²) < 4.78 is 10.4. The molecule has 0 bridgehead atoms. The van der Waals surface area contributed by atoms with Crippen LogP contribution in [-0.4, -0.2) is 18.7 Å². The Kier molecular flexibility index (Phi) is 4.59. The van der Waals surface area contributed by atoms with Gasteiger partial charge in [-0.2, -0.15) is 0 Å². The van der Waals surface area contributed by atoms with Gasteiger partial charge in [-0.25, -0.2) is 0 Å². The Morgan fingerprint density at radius 1 is 1.33 bits per heavy atom. The summed E-state index contributed by atoms with van der Waals surface area (Å²) in [6.07, 6.45) is 0.968. The molecular weight excluding hydrogens is 230 g/mol. The molecule has 0 saturated heterocycles. The lowest BCUT2D eigenvalue weighted by Crippen LogP contribution is -2.24. The first-order valence-electron chi connectivity index (χ1n) is 5.96. The first-order valence-corrected chi connectivity index (χ1v) is 5.96. The van der Waals surface area contributed by atoms with Gasteiger partial charge in [0.15, 0.2) is 0 Å². The molecule has 100 valence electrons. The Labute approximate surface area is 108 Å². The maximum absolute atomic E-state index is 11.6. The van der Waals surface area contributed by atoms with E-state index in [2.05, 4.69) is 0 Å². The largest absolute Gasteiger partial charge is 0.495 e. The SMILES string of the molecule is COc1cc(CCC(=O)OC(C)(C)C)ccc1N. The van der Waals surface area contributed by atoms with Gasteiger partial charge in [-0.3, -0.25) is 4.79 Å². The summed E-state index contributed by atoms with van der Waals surface area (Å²) in [6, 6.07) is 5.52. The van der Waals surface area contributed by atoms with E-state index in [4.69, 9.17) is 15.2 Å². The molecular formula is C14H21NO3. The molecule has 0 fully saturated rings. The highest BCUT2D eigenvalue weighted by atomic mass is 16.6. The highest BCUT2D eigenvalue weighted by Crippen LogP contribution is 2.23. The highest BCUT2D eigenvalue weighted by molar-refractivity contribution is 5.70. The molecule has 0 spiro atoms. The van der Waals surface area contributed by atoms with Crippen molar-refractivity contribution in [3.05, 3.63) is 23.8 Å². The van der Waals surface area contributed by atoms with Crippen molar-refractivity contribution in [2.75, 3.05) is 12.8 Å². The zero-order chi connectivity index (χ0) is 13.8. The third kappa shape index (κ3) is 4.65. The van der Waals surface area contributed by atoms with Crippen molar-refractivity contribution in [2.45, 2.75) is 39.2 Å². The first-order chi connectivity index (χ1) is 8.31. The van der Waals surface area contributed by atoms with Crippen LogP contribution in [0.2, 0.25) is 0 Å². The summed E-state index contributed by atoms with van der Waals surface area (Å²) in [5.41, 5.74) is 6.89. The van der Waals surface area contributed by atoms with Gasteiger partial charge in [-0.1, -0.05) is 6.07 Å². The molecule has 2 N–H and O–H groups in total. The van der Waals surface area contributed by atoms with Crippen LogP contribution in [0.4, 0.5) is 5.69 Å². The van der Waals surface area contributed by atoms with Crippen LogP contribution in [0.15, 0.2) is 18.2 Å². The number of esters is 1. The van der Waals surface area contributed by atoms with Crippen LogP contribution in [0.25, 0.3) is 0 Å². The average Bonchev–Trinajstić information content (AvgIpc) is 2.25. The van der Waals surface area contributed by atoms with E-state index in [-0.39, 0.29) is 5.97 Å².